The maximum Gasteiger partial charge on any atom is 0.0606 e. The molecule has 0 amide bonds. The highest BCUT2D eigenvalue weighted by atomic mass is 16.3. The minimum absolute atomic E-state index is 0.110. The van der Waals surface area contributed by atoms with E-state index in [0.29, 0.717) is 41.4 Å². The minimum atomic E-state index is -0.213. The third-order valence-corrected chi connectivity index (χ3v) is 10.9. The molecule has 37 heavy (non-hydrogen) atoms. The lowest BCUT2D eigenvalue weighted by molar-refractivity contribution is -0.119. The summed E-state index contributed by atoms with van der Waals surface area (Å²) in [6.07, 6.45) is 10.8. The largest absolute Gasteiger partial charge is 0.393 e. The second-order valence-corrected chi connectivity index (χ2v) is 17.8. The molecule has 0 bridgehead atoms. The average molecular weight is 521 g/mol. The van der Waals surface area contributed by atoms with Crippen molar-refractivity contribution >= 4 is 0 Å². The van der Waals surface area contributed by atoms with Crippen LogP contribution in [-0.4, -0.2) is 22.4 Å². The Bertz CT molecular complexity index is 580. The van der Waals surface area contributed by atoms with Gasteiger partial charge in [-0.05, 0) is 95.2 Å². The lowest BCUT2D eigenvalue weighted by atomic mass is 9.52. The van der Waals surface area contributed by atoms with Gasteiger partial charge in [-0.2, -0.15) is 0 Å². The first-order valence-corrected chi connectivity index (χ1v) is 16.1. The van der Waals surface area contributed by atoms with E-state index in [2.05, 4.69) is 90.0 Å². The van der Waals surface area contributed by atoms with Crippen molar-refractivity contribution in [2.45, 2.75) is 160 Å². The van der Waals surface area contributed by atoms with Crippen LogP contribution in [0.5, 0.6) is 0 Å². The molecule has 2 nitrogen and oxygen atoms in total. The van der Waals surface area contributed by atoms with Gasteiger partial charge in [0.05, 0.1) is 12.2 Å². The molecule has 2 saturated carbocycles. The number of rotatable bonds is 7. The summed E-state index contributed by atoms with van der Waals surface area (Å²) < 4.78 is 0. The molecule has 0 radical (unpaired) electrons. The highest BCUT2D eigenvalue weighted by molar-refractivity contribution is 5.01. The monoisotopic (exact) mass is 521 g/mol. The van der Waals surface area contributed by atoms with Gasteiger partial charge in [-0.25, -0.2) is 0 Å². The quantitative estimate of drug-likeness (QED) is 0.328. The summed E-state index contributed by atoms with van der Waals surface area (Å²) in [6, 6.07) is 0. The van der Waals surface area contributed by atoms with Crippen LogP contribution in [0.2, 0.25) is 0 Å². The Balaban J connectivity index is 2.50. The predicted molar refractivity (Wildman–Crippen MR) is 161 cm³/mol. The molecule has 2 heteroatoms. The van der Waals surface area contributed by atoms with Gasteiger partial charge in [-0.3, -0.25) is 0 Å². The summed E-state index contributed by atoms with van der Waals surface area (Å²) in [6.45, 7) is 30.5. The van der Waals surface area contributed by atoms with Crippen LogP contribution in [0.3, 0.4) is 0 Å². The molecule has 2 aliphatic carbocycles. The number of aliphatic hydroxyl groups is 2. The number of aliphatic hydroxyl groups excluding tert-OH is 2. The van der Waals surface area contributed by atoms with Crippen LogP contribution >= 0.6 is 0 Å². The van der Waals surface area contributed by atoms with E-state index >= 15 is 0 Å². The second-order valence-electron chi connectivity index (χ2n) is 17.8. The van der Waals surface area contributed by atoms with Gasteiger partial charge in [-0.15, -0.1) is 0 Å². The van der Waals surface area contributed by atoms with E-state index in [1.54, 1.807) is 0 Å². The molecular weight excluding hydrogens is 452 g/mol. The molecule has 0 aliphatic heterocycles. The molecule has 0 aromatic carbocycles. The molecule has 220 valence electrons. The molecule has 2 aliphatic rings. The van der Waals surface area contributed by atoms with Crippen LogP contribution < -0.4 is 0 Å². The molecule has 2 rings (SSSR count). The normalized spacial score (nSPS) is 35.4. The van der Waals surface area contributed by atoms with Gasteiger partial charge in [0.2, 0.25) is 0 Å². The van der Waals surface area contributed by atoms with Crippen LogP contribution in [0, 0.1) is 63.1 Å². The van der Waals surface area contributed by atoms with Gasteiger partial charge >= 0.3 is 0 Å². The fourth-order valence-electron chi connectivity index (χ4n) is 8.44. The van der Waals surface area contributed by atoms with Gasteiger partial charge in [0.1, 0.15) is 0 Å². The Morgan fingerprint density at radius 1 is 0.514 bits per heavy atom. The Morgan fingerprint density at radius 3 is 1.05 bits per heavy atom. The van der Waals surface area contributed by atoms with Crippen LogP contribution in [-0.2, 0) is 0 Å². The first-order valence-electron chi connectivity index (χ1n) is 16.1. The Morgan fingerprint density at radius 2 is 0.811 bits per heavy atom. The maximum atomic E-state index is 11.7. The van der Waals surface area contributed by atoms with Crippen molar-refractivity contribution in [2.24, 2.45) is 63.1 Å². The number of hydrogen-bond donors (Lipinski definition) is 2. The molecule has 2 N–H and O–H groups in total. The predicted octanol–water partition coefficient (Wildman–Crippen LogP) is 9.76. The third kappa shape index (κ3) is 8.45. The van der Waals surface area contributed by atoms with Crippen molar-refractivity contribution < 1.29 is 10.2 Å². The van der Waals surface area contributed by atoms with Crippen LogP contribution in [0.1, 0.15) is 148 Å². The van der Waals surface area contributed by atoms with Crippen LogP contribution in [0.4, 0.5) is 0 Å². The van der Waals surface area contributed by atoms with Gasteiger partial charge in [0.25, 0.3) is 0 Å². The molecule has 0 aromatic rings. The lowest BCUT2D eigenvalue weighted by Gasteiger charge is -2.55. The van der Waals surface area contributed by atoms with Crippen molar-refractivity contribution in [2.75, 3.05) is 0 Å². The molecule has 0 aromatic heterocycles. The SMILES string of the molecule is CCCCCCC(C1CC(C(C)(C)C)C(O)C(C(C)(C)C)C1)C1CC(C(C)(C)C)C(O)C(C(C)(C)C)C1. The van der Waals surface area contributed by atoms with Crippen molar-refractivity contribution in [3.8, 4) is 0 Å². The van der Waals surface area contributed by atoms with E-state index in [-0.39, 0.29) is 33.9 Å². The molecule has 0 spiro atoms. The number of unbranched alkanes of at least 4 members (excludes halogenated alkanes) is 3. The molecule has 4 unspecified atom stereocenters. The Hall–Kier alpha value is -0.0800. The average Bonchev–Trinajstić information content (AvgIpc) is 2.71. The standard InChI is InChI=1S/C35H68O2/c1-14-15-16-17-18-25(23-19-26(32(2,3)4)30(36)27(20-23)33(5,6)7)24-21-28(34(8,9)10)31(37)29(22-24)35(11,12)13/h23-31,36-37H,14-22H2,1-13H3. The summed E-state index contributed by atoms with van der Waals surface area (Å²) in [5, 5.41) is 23.3. The topological polar surface area (TPSA) is 40.5 Å². The Kier molecular flexibility index (Phi) is 10.9. The maximum absolute atomic E-state index is 11.7. The highest BCUT2D eigenvalue weighted by Crippen LogP contribution is 2.56. The first-order chi connectivity index (χ1) is 16.7. The van der Waals surface area contributed by atoms with Gasteiger partial charge in [0, 0.05) is 0 Å². The third-order valence-electron chi connectivity index (χ3n) is 10.9. The fourth-order valence-corrected chi connectivity index (χ4v) is 8.44. The van der Waals surface area contributed by atoms with E-state index in [9.17, 15) is 10.2 Å². The van der Waals surface area contributed by atoms with Gasteiger partial charge < -0.3 is 10.2 Å². The molecule has 0 heterocycles. The summed E-state index contributed by atoms with van der Waals surface area (Å²) in [5.41, 5.74) is 0.440. The smallest absolute Gasteiger partial charge is 0.0606 e. The van der Waals surface area contributed by atoms with E-state index in [4.69, 9.17) is 0 Å². The zero-order valence-electron chi connectivity index (χ0n) is 27.5. The van der Waals surface area contributed by atoms with Crippen LogP contribution in [0.25, 0.3) is 0 Å². The van der Waals surface area contributed by atoms with E-state index in [0.717, 1.165) is 25.7 Å². The lowest BCUT2D eigenvalue weighted by Crippen LogP contribution is -2.52. The van der Waals surface area contributed by atoms with Crippen LogP contribution in [0.15, 0.2) is 0 Å². The van der Waals surface area contributed by atoms with Crippen molar-refractivity contribution in [3.63, 3.8) is 0 Å². The van der Waals surface area contributed by atoms with Gasteiger partial charge in [-0.1, -0.05) is 116 Å². The van der Waals surface area contributed by atoms with Gasteiger partial charge in [0.15, 0.2) is 0 Å². The molecular formula is C35H68O2. The summed E-state index contributed by atoms with van der Waals surface area (Å²) in [4.78, 5) is 0. The summed E-state index contributed by atoms with van der Waals surface area (Å²) >= 11 is 0. The summed E-state index contributed by atoms with van der Waals surface area (Å²) in [5.74, 6) is 3.42. The second kappa shape index (κ2) is 12.2. The molecule has 2 fully saturated rings. The van der Waals surface area contributed by atoms with Crippen molar-refractivity contribution in [1.29, 1.82) is 0 Å². The molecule has 4 atom stereocenters. The fraction of sp³-hybridized carbons (Fsp3) is 1.00. The summed E-state index contributed by atoms with van der Waals surface area (Å²) in [7, 11) is 0. The van der Waals surface area contributed by atoms with Crippen molar-refractivity contribution in [1.82, 2.24) is 0 Å². The zero-order chi connectivity index (χ0) is 28.6. The zero-order valence-corrected chi connectivity index (χ0v) is 27.5. The van der Waals surface area contributed by atoms with E-state index in [1.165, 1.54) is 32.1 Å². The highest BCUT2D eigenvalue weighted by Gasteiger charge is 2.52. The first kappa shape index (κ1) is 33.1. The Labute approximate surface area is 233 Å². The van der Waals surface area contributed by atoms with E-state index in [1.807, 2.05) is 0 Å². The van der Waals surface area contributed by atoms with Crippen molar-refractivity contribution in [3.05, 3.63) is 0 Å². The van der Waals surface area contributed by atoms with E-state index < -0.39 is 0 Å². The number of hydrogen-bond acceptors (Lipinski definition) is 2. The molecule has 0 saturated heterocycles. The minimum Gasteiger partial charge on any atom is -0.393 e.